The molecule has 0 bridgehead atoms. The number of anilines is 1. The van der Waals surface area contributed by atoms with Crippen LogP contribution >= 0.6 is 0 Å². The Labute approximate surface area is 125 Å². The zero-order chi connectivity index (χ0) is 15.7. The second-order valence-electron chi connectivity index (χ2n) is 5.38. The first-order valence-electron chi connectivity index (χ1n) is 7.05. The van der Waals surface area contributed by atoms with Crippen molar-refractivity contribution in [2.75, 3.05) is 11.4 Å². The number of H-pyrrole nitrogens is 1. The van der Waals surface area contributed by atoms with Crippen LogP contribution in [-0.2, 0) is 13.0 Å². The summed E-state index contributed by atoms with van der Waals surface area (Å²) in [7, 11) is 0. The number of aromatic nitrogens is 2. The number of aromatic amines is 1. The molecule has 1 aliphatic heterocycles. The molecule has 0 aliphatic carbocycles. The molecule has 0 atom stereocenters. The zero-order valence-electron chi connectivity index (χ0n) is 12.1. The van der Waals surface area contributed by atoms with Gasteiger partial charge in [-0.05, 0) is 43.5 Å². The van der Waals surface area contributed by atoms with Crippen molar-refractivity contribution in [3.8, 4) is 5.75 Å². The zero-order valence-corrected chi connectivity index (χ0v) is 12.1. The number of benzene rings is 1. The Bertz CT molecular complexity index is 666. The second kappa shape index (κ2) is 5.55. The van der Waals surface area contributed by atoms with Crippen molar-refractivity contribution >= 4 is 5.69 Å². The molecule has 0 spiro atoms. The molecule has 0 fully saturated rings. The van der Waals surface area contributed by atoms with Gasteiger partial charge in [-0.1, -0.05) is 0 Å². The van der Waals surface area contributed by atoms with Crippen molar-refractivity contribution in [1.82, 2.24) is 10.2 Å². The van der Waals surface area contributed by atoms with Crippen molar-refractivity contribution in [2.45, 2.75) is 32.7 Å². The van der Waals surface area contributed by atoms with Gasteiger partial charge in [0.25, 0.3) is 0 Å². The Hall–Kier alpha value is -2.18. The van der Waals surface area contributed by atoms with Crippen molar-refractivity contribution in [3.63, 3.8) is 0 Å². The summed E-state index contributed by atoms with van der Waals surface area (Å²) in [5, 5.41) is 6.90. The number of hydrogen-bond donors (Lipinski definition) is 1. The molecule has 2 heterocycles. The van der Waals surface area contributed by atoms with E-state index >= 15 is 0 Å². The monoisotopic (exact) mass is 311 g/mol. The van der Waals surface area contributed by atoms with Crippen LogP contribution in [0.2, 0.25) is 0 Å². The smallest absolute Gasteiger partial charge is 0.406 e. The van der Waals surface area contributed by atoms with Crippen LogP contribution in [0.15, 0.2) is 24.4 Å². The first kappa shape index (κ1) is 14.7. The number of aryl methyl sites for hydroxylation is 2. The molecule has 118 valence electrons. The first-order chi connectivity index (χ1) is 10.4. The number of fused-ring (bicyclic) bond motifs is 1. The molecule has 0 saturated carbocycles. The number of ether oxygens (including phenoxy) is 1. The Morgan fingerprint density at radius 1 is 1.36 bits per heavy atom. The number of halogens is 3. The molecule has 0 amide bonds. The lowest BCUT2D eigenvalue weighted by Crippen LogP contribution is -2.29. The van der Waals surface area contributed by atoms with Gasteiger partial charge in [-0.3, -0.25) is 5.10 Å². The largest absolute Gasteiger partial charge is 0.573 e. The van der Waals surface area contributed by atoms with E-state index in [0.717, 1.165) is 41.9 Å². The lowest BCUT2D eigenvalue weighted by Gasteiger charge is -2.31. The molecule has 7 heteroatoms. The van der Waals surface area contributed by atoms with E-state index in [1.165, 1.54) is 12.1 Å². The van der Waals surface area contributed by atoms with Gasteiger partial charge >= 0.3 is 6.36 Å². The van der Waals surface area contributed by atoms with E-state index in [4.69, 9.17) is 0 Å². The lowest BCUT2D eigenvalue weighted by atomic mass is 10.0. The summed E-state index contributed by atoms with van der Waals surface area (Å²) in [6.45, 7) is 3.51. The molecule has 1 aromatic heterocycles. The highest BCUT2D eigenvalue weighted by atomic mass is 19.4. The van der Waals surface area contributed by atoms with E-state index in [-0.39, 0.29) is 5.75 Å². The Balaban J connectivity index is 1.83. The van der Waals surface area contributed by atoms with E-state index in [0.29, 0.717) is 6.54 Å². The minimum atomic E-state index is -4.66. The number of nitrogens with zero attached hydrogens (tertiary/aromatic N) is 2. The minimum absolute atomic E-state index is 0.160. The van der Waals surface area contributed by atoms with Gasteiger partial charge in [0, 0.05) is 30.0 Å². The first-order valence-corrected chi connectivity index (χ1v) is 7.05. The molecular formula is C15H16F3N3O. The maximum absolute atomic E-state index is 12.3. The quantitative estimate of drug-likeness (QED) is 0.942. The molecule has 4 nitrogen and oxygen atoms in total. The van der Waals surface area contributed by atoms with Gasteiger partial charge in [-0.15, -0.1) is 13.2 Å². The highest BCUT2D eigenvalue weighted by Gasteiger charge is 2.31. The summed E-state index contributed by atoms with van der Waals surface area (Å²) in [5.41, 5.74) is 3.93. The van der Waals surface area contributed by atoms with Gasteiger partial charge < -0.3 is 9.64 Å². The molecule has 1 aromatic carbocycles. The van der Waals surface area contributed by atoms with E-state index in [1.807, 2.05) is 6.92 Å². The number of alkyl halides is 3. The van der Waals surface area contributed by atoms with Gasteiger partial charge in [0.1, 0.15) is 5.75 Å². The van der Waals surface area contributed by atoms with Gasteiger partial charge in [0.05, 0.1) is 6.20 Å². The molecule has 1 aliphatic rings. The summed E-state index contributed by atoms with van der Waals surface area (Å²) >= 11 is 0. The van der Waals surface area contributed by atoms with Crippen molar-refractivity contribution in [3.05, 3.63) is 41.2 Å². The van der Waals surface area contributed by atoms with Crippen LogP contribution in [0.5, 0.6) is 5.75 Å². The molecule has 2 aromatic rings. The standard InChI is InChI=1S/C15H16F3N3O/c1-10-12(8-19-20-10)9-21-6-2-3-11-7-13(4-5-14(11)21)22-15(16,17)18/h4-5,7-8H,2-3,6,9H2,1H3,(H,19,20). The fraction of sp³-hybridized carbons (Fsp3) is 0.400. The second-order valence-corrected chi connectivity index (χ2v) is 5.38. The molecule has 0 radical (unpaired) electrons. The average molecular weight is 311 g/mol. The topological polar surface area (TPSA) is 41.2 Å². The van der Waals surface area contributed by atoms with E-state index in [9.17, 15) is 13.2 Å². The third-order valence-corrected chi connectivity index (χ3v) is 3.79. The predicted molar refractivity (Wildman–Crippen MR) is 75.8 cm³/mol. The summed E-state index contributed by atoms with van der Waals surface area (Å²) < 4.78 is 40.9. The summed E-state index contributed by atoms with van der Waals surface area (Å²) in [6.07, 6.45) is -1.22. The molecule has 3 rings (SSSR count). The average Bonchev–Trinajstić information content (AvgIpc) is 2.82. The normalized spacial score (nSPS) is 14.8. The van der Waals surface area contributed by atoms with E-state index in [1.54, 1.807) is 12.3 Å². The Morgan fingerprint density at radius 3 is 2.86 bits per heavy atom. The molecule has 0 saturated heterocycles. The highest BCUT2D eigenvalue weighted by Crippen LogP contribution is 2.33. The van der Waals surface area contributed by atoms with Gasteiger partial charge in [-0.2, -0.15) is 5.10 Å². The number of rotatable bonds is 3. The Morgan fingerprint density at radius 2 is 2.18 bits per heavy atom. The van der Waals surface area contributed by atoms with Crippen LogP contribution in [-0.4, -0.2) is 23.1 Å². The van der Waals surface area contributed by atoms with Crippen LogP contribution < -0.4 is 9.64 Å². The van der Waals surface area contributed by atoms with E-state index in [2.05, 4.69) is 19.8 Å². The summed E-state index contributed by atoms with van der Waals surface area (Å²) in [5.74, 6) is -0.160. The third-order valence-electron chi connectivity index (χ3n) is 3.79. The van der Waals surface area contributed by atoms with Crippen LogP contribution in [0.3, 0.4) is 0 Å². The summed E-state index contributed by atoms with van der Waals surface area (Å²) in [4.78, 5) is 2.16. The molecule has 1 N–H and O–H groups in total. The maximum atomic E-state index is 12.3. The van der Waals surface area contributed by atoms with Gasteiger partial charge in [0.2, 0.25) is 0 Å². The van der Waals surface area contributed by atoms with Crippen molar-refractivity contribution in [2.24, 2.45) is 0 Å². The number of nitrogens with one attached hydrogen (secondary N) is 1. The van der Waals surface area contributed by atoms with Crippen LogP contribution in [0.4, 0.5) is 18.9 Å². The van der Waals surface area contributed by atoms with Crippen LogP contribution in [0.1, 0.15) is 23.2 Å². The van der Waals surface area contributed by atoms with Gasteiger partial charge in [-0.25, -0.2) is 0 Å². The lowest BCUT2D eigenvalue weighted by molar-refractivity contribution is -0.274. The van der Waals surface area contributed by atoms with Crippen LogP contribution in [0, 0.1) is 6.92 Å². The maximum Gasteiger partial charge on any atom is 0.573 e. The summed E-state index contributed by atoms with van der Waals surface area (Å²) in [6, 6.07) is 4.55. The SMILES string of the molecule is Cc1[nH]ncc1CN1CCCc2cc(OC(F)(F)F)ccc21. The van der Waals surface area contributed by atoms with Crippen LogP contribution in [0.25, 0.3) is 0 Å². The third kappa shape index (κ3) is 3.18. The minimum Gasteiger partial charge on any atom is -0.406 e. The number of hydrogen-bond acceptors (Lipinski definition) is 3. The molecule has 0 unspecified atom stereocenters. The molecule has 22 heavy (non-hydrogen) atoms. The fourth-order valence-corrected chi connectivity index (χ4v) is 2.75. The van der Waals surface area contributed by atoms with Crippen molar-refractivity contribution < 1.29 is 17.9 Å². The fourth-order valence-electron chi connectivity index (χ4n) is 2.75. The Kier molecular flexibility index (Phi) is 3.72. The van der Waals surface area contributed by atoms with Gasteiger partial charge in [0.15, 0.2) is 0 Å². The van der Waals surface area contributed by atoms with Crippen molar-refractivity contribution in [1.29, 1.82) is 0 Å². The van der Waals surface area contributed by atoms with E-state index < -0.39 is 6.36 Å². The highest BCUT2D eigenvalue weighted by molar-refractivity contribution is 5.58. The predicted octanol–water partition coefficient (Wildman–Crippen LogP) is 3.57. The molecular weight excluding hydrogens is 295 g/mol.